The largest absolute Gasteiger partial charge is 0.477 e. The quantitative estimate of drug-likeness (QED) is 0.798. The number of alkyl halides is 3. The fourth-order valence-corrected chi connectivity index (χ4v) is 1.43. The predicted molar refractivity (Wildman–Crippen MR) is 55.4 cm³/mol. The van der Waals surface area contributed by atoms with Crippen molar-refractivity contribution in [1.82, 2.24) is 9.55 Å². The molecule has 0 fully saturated rings. The average molecular weight is 266 g/mol. The number of aromatic nitrogens is 2. The van der Waals surface area contributed by atoms with Crippen LogP contribution in [0.3, 0.4) is 0 Å². The third kappa shape index (κ3) is 4.36. The smallest absolute Gasteiger partial charge is 0.411 e. The Hall–Kier alpha value is -1.57. The third-order valence-electron chi connectivity index (χ3n) is 2.21. The molecule has 0 bridgehead atoms. The lowest BCUT2D eigenvalue weighted by molar-refractivity contribution is -0.174. The van der Waals surface area contributed by atoms with E-state index in [2.05, 4.69) is 9.72 Å². The summed E-state index contributed by atoms with van der Waals surface area (Å²) in [5, 5.41) is 8.85. The summed E-state index contributed by atoms with van der Waals surface area (Å²) in [4.78, 5) is 14.7. The van der Waals surface area contributed by atoms with Crippen molar-refractivity contribution in [1.29, 1.82) is 0 Å². The van der Waals surface area contributed by atoms with Gasteiger partial charge in [-0.1, -0.05) is 0 Å². The van der Waals surface area contributed by atoms with Crippen LogP contribution in [-0.4, -0.2) is 40.0 Å². The van der Waals surface area contributed by atoms with Crippen molar-refractivity contribution in [3.05, 3.63) is 17.7 Å². The third-order valence-corrected chi connectivity index (χ3v) is 2.21. The lowest BCUT2D eigenvalue weighted by Crippen LogP contribution is -2.18. The number of hydrogen-bond acceptors (Lipinski definition) is 3. The average Bonchev–Trinajstić information content (AvgIpc) is 2.58. The van der Waals surface area contributed by atoms with E-state index in [9.17, 15) is 18.0 Å². The van der Waals surface area contributed by atoms with E-state index >= 15 is 0 Å². The van der Waals surface area contributed by atoms with Gasteiger partial charge in [-0.3, -0.25) is 0 Å². The van der Waals surface area contributed by atoms with Crippen LogP contribution in [0, 0.1) is 6.92 Å². The van der Waals surface area contributed by atoms with Gasteiger partial charge in [-0.2, -0.15) is 13.2 Å². The lowest BCUT2D eigenvalue weighted by atomic mass is 10.4. The molecule has 0 spiro atoms. The van der Waals surface area contributed by atoms with Crippen molar-refractivity contribution in [3.63, 3.8) is 0 Å². The van der Waals surface area contributed by atoms with Crippen LogP contribution in [-0.2, 0) is 11.3 Å². The van der Waals surface area contributed by atoms with Crippen LogP contribution in [0.1, 0.15) is 22.7 Å². The zero-order valence-electron chi connectivity index (χ0n) is 9.70. The number of carboxylic acid groups (broad SMARTS) is 1. The van der Waals surface area contributed by atoms with E-state index in [0.717, 1.165) is 0 Å². The first-order valence-corrected chi connectivity index (χ1v) is 5.21. The molecule has 0 amide bonds. The zero-order valence-corrected chi connectivity index (χ0v) is 9.70. The molecule has 102 valence electrons. The maximum Gasteiger partial charge on any atom is 0.411 e. The maximum absolute atomic E-state index is 11.8. The number of carbonyl (C=O) groups is 1. The van der Waals surface area contributed by atoms with Gasteiger partial charge < -0.3 is 14.4 Å². The molecule has 8 heteroatoms. The Morgan fingerprint density at radius 3 is 2.78 bits per heavy atom. The number of imidazole rings is 1. The number of aryl methyl sites for hydroxylation is 1. The molecule has 1 rings (SSSR count). The van der Waals surface area contributed by atoms with Gasteiger partial charge in [0.1, 0.15) is 18.1 Å². The summed E-state index contributed by atoms with van der Waals surface area (Å²) in [5.41, 5.74) is 0.0170. The van der Waals surface area contributed by atoms with Crippen LogP contribution in [0.15, 0.2) is 6.20 Å². The highest BCUT2D eigenvalue weighted by Gasteiger charge is 2.27. The molecule has 1 aromatic rings. The highest BCUT2D eigenvalue weighted by Crippen LogP contribution is 2.14. The van der Waals surface area contributed by atoms with E-state index in [4.69, 9.17) is 5.11 Å². The molecule has 0 saturated heterocycles. The monoisotopic (exact) mass is 266 g/mol. The second-order valence-electron chi connectivity index (χ2n) is 3.67. The topological polar surface area (TPSA) is 64.3 Å². The minimum atomic E-state index is -4.34. The zero-order chi connectivity index (χ0) is 13.8. The van der Waals surface area contributed by atoms with E-state index in [1.165, 1.54) is 10.8 Å². The summed E-state index contributed by atoms with van der Waals surface area (Å²) < 4.78 is 41.2. The standard InChI is InChI=1S/C10H13F3N2O3/c1-7-14-5-8(9(16)17)15(7)3-2-4-18-6-10(11,12)13/h5H,2-4,6H2,1H3,(H,16,17). The van der Waals surface area contributed by atoms with Gasteiger partial charge in [-0.05, 0) is 13.3 Å². The Bertz CT molecular complexity index is 415. The first-order chi connectivity index (χ1) is 8.31. The number of carboxylic acids is 1. The molecule has 0 aliphatic carbocycles. The van der Waals surface area contributed by atoms with Crippen molar-refractivity contribution in [2.45, 2.75) is 26.1 Å². The maximum atomic E-state index is 11.8. The van der Waals surface area contributed by atoms with Crippen molar-refractivity contribution >= 4 is 5.97 Å². The Kier molecular flexibility index (Phi) is 4.71. The van der Waals surface area contributed by atoms with Gasteiger partial charge in [-0.15, -0.1) is 0 Å². The summed E-state index contributed by atoms with van der Waals surface area (Å²) in [6.45, 7) is 0.506. The van der Waals surface area contributed by atoms with Crippen LogP contribution in [0.4, 0.5) is 13.2 Å². The van der Waals surface area contributed by atoms with Crippen LogP contribution in [0.25, 0.3) is 0 Å². The minimum Gasteiger partial charge on any atom is -0.477 e. The van der Waals surface area contributed by atoms with Crippen molar-refractivity contribution < 1.29 is 27.8 Å². The molecule has 1 heterocycles. The van der Waals surface area contributed by atoms with E-state index in [-0.39, 0.29) is 25.3 Å². The summed E-state index contributed by atoms with van der Waals surface area (Å²) >= 11 is 0. The van der Waals surface area contributed by atoms with Gasteiger partial charge in [0.15, 0.2) is 0 Å². The number of aromatic carboxylic acids is 1. The van der Waals surface area contributed by atoms with Gasteiger partial charge in [0, 0.05) is 13.2 Å². The van der Waals surface area contributed by atoms with Gasteiger partial charge in [0.25, 0.3) is 0 Å². The fraction of sp³-hybridized carbons (Fsp3) is 0.600. The molecule has 0 aliphatic rings. The Morgan fingerprint density at radius 1 is 1.56 bits per heavy atom. The molecule has 0 radical (unpaired) electrons. The molecule has 18 heavy (non-hydrogen) atoms. The van der Waals surface area contributed by atoms with Crippen LogP contribution < -0.4 is 0 Å². The SMILES string of the molecule is Cc1ncc(C(=O)O)n1CCCOCC(F)(F)F. The first-order valence-electron chi connectivity index (χ1n) is 5.21. The summed E-state index contributed by atoms with van der Waals surface area (Å²) in [5.74, 6) is -0.616. The van der Waals surface area contributed by atoms with Crippen LogP contribution in [0.2, 0.25) is 0 Å². The van der Waals surface area contributed by atoms with Crippen LogP contribution >= 0.6 is 0 Å². The molecule has 0 unspecified atom stereocenters. The van der Waals surface area contributed by atoms with Gasteiger partial charge in [-0.25, -0.2) is 9.78 Å². The molecular weight excluding hydrogens is 253 g/mol. The predicted octanol–water partition coefficient (Wildman–Crippen LogP) is 1.86. The summed E-state index contributed by atoms with van der Waals surface area (Å²) in [7, 11) is 0. The Morgan fingerprint density at radius 2 is 2.22 bits per heavy atom. The molecule has 0 aromatic carbocycles. The molecule has 0 atom stereocenters. The van der Waals surface area contributed by atoms with Gasteiger partial charge >= 0.3 is 12.1 Å². The minimum absolute atomic E-state index is 0.0170. The first kappa shape index (κ1) is 14.5. The molecule has 1 N–H and O–H groups in total. The number of rotatable bonds is 6. The van der Waals surface area contributed by atoms with E-state index in [1.807, 2.05) is 0 Å². The Balaban J connectivity index is 2.40. The highest BCUT2D eigenvalue weighted by molar-refractivity contribution is 5.85. The number of hydrogen-bond donors (Lipinski definition) is 1. The molecule has 0 saturated carbocycles. The van der Waals surface area contributed by atoms with Gasteiger partial charge in [0.2, 0.25) is 0 Å². The van der Waals surface area contributed by atoms with Crippen molar-refractivity contribution in [2.75, 3.05) is 13.2 Å². The number of halogens is 3. The Labute approximate surface area is 101 Å². The molecule has 1 aromatic heterocycles. The molecule has 0 aliphatic heterocycles. The normalized spacial score (nSPS) is 11.8. The van der Waals surface area contributed by atoms with Gasteiger partial charge in [0.05, 0.1) is 6.20 Å². The highest BCUT2D eigenvalue weighted by atomic mass is 19.4. The summed E-state index contributed by atoms with van der Waals surface area (Å²) in [6.07, 6.45) is -2.83. The lowest BCUT2D eigenvalue weighted by Gasteiger charge is -2.09. The van der Waals surface area contributed by atoms with E-state index in [1.54, 1.807) is 6.92 Å². The molecular formula is C10H13F3N2O3. The second-order valence-corrected chi connectivity index (χ2v) is 3.67. The van der Waals surface area contributed by atoms with Crippen LogP contribution in [0.5, 0.6) is 0 Å². The summed E-state index contributed by atoms with van der Waals surface area (Å²) in [6, 6.07) is 0. The van der Waals surface area contributed by atoms with Crippen molar-refractivity contribution in [2.24, 2.45) is 0 Å². The number of nitrogens with zero attached hydrogens (tertiary/aromatic N) is 2. The van der Waals surface area contributed by atoms with E-state index < -0.39 is 18.8 Å². The van der Waals surface area contributed by atoms with Crippen molar-refractivity contribution in [3.8, 4) is 0 Å². The van der Waals surface area contributed by atoms with E-state index in [0.29, 0.717) is 5.82 Å². The number of ether oxygens (including phenoxy) is 1. The molecule has 5 nitrogen and oxygen atoms in total. The fourth-order valence-electron chi connectivity index (χ4n) is 1.43. The second kappa shape index (κ2) is 5.85.